The average molecular weight is 666 g/mol. The van der Waals surface area contributed by atoms with Gasteiger partial charge in [0.1, 0.15) is 11.5 Å². The molecule has 0 aromatic heterocycles. The highest BCUT2D eigenvalue weighted by atomic mass is 16.5. The van der Waals surface area contributed by atoms with Crippen molar-refractivity contribution in [3.8, 4) is 33.8 Å². The lowest BCUT2D eigenvalue weighted by Crippen LogP contribution is -2.36. The van der Waals surface area contributed by atoms with E-state index in [2.05, 4.69) is 195 Å². The average Bonchev–Trinajstić information content (AvgIpc) is 3.42. The van der Waals surface area contributed by atoms with Crippen LogP contribution in [0.3, 0.4) is 0 Å². The van der Waals surface area contributed by atoms with Crippen LogP contribution in [0.2, 0.25) is 0 Å². The highest BCUT2D eigenvalue weighted by Crippen LogP contribution is 2.61. The van der Waals surface area contributed by atoms with E-state index in [1.165, 1.54) is 60.8 Å². The standard InChI is InChI=1S/C50H35NO/c1-49(2)40-21-8-6-18-36(40)38-28-26-34(30-45(38)49)51(33-16-4-3-5-17-33)35-27-29-43-47(31-35)52-46-25-11-10-23-42(46)50(43)41-22-9-7-19-37(41)39-20-12-14-32-15-13-24-44(50)48(32)39/h3-31H,1-2H3. The first-order valence-electron chi connectivity index (χ1n) is 18.2. The normalized spacial score (nSPS) is 16.7. The van der Waals surface area contributed by atoms with Crippen molar-refractivity contribution in [1.29, 1.82) is 0 Å². The van der Waals surface area contributed by atoms with Crippen LogP contribution in [0.15, 0.2) is 176 Å². The van der Waals surface area contributed by atoms with Crippen LogP contribution < -0.4 is 9.64 Å². The van der Waals surface area contributed by atoms with Crippen LogP contribution in [0.25, 0.3) is 33.0 Å². The molecule has 2 aliphatic carbocycles. The zero-order valence-electron chi connectivity index (χ0n) is 29.1. The van der Waals surface area contributed by atoms with Crippen LogP contribution in [-0.2, 0) is 10.8 Å². The molecule has 0 fully saturated rings. The molecule has 0 amide bonds. The highest BCUT2D eigenvalue weighted by Gasteiger charge is 2.49. The Bertz CT molecular complexity index is 2750. The third kappa shape index (κ3) is 3.79. The second kappa shape index (κ2) is 10.6. The molecule has 1 unspecified atom stereocenters. The largest absolute Gasteiger partial charge is 0.457 e. The molecule has 52 heavy (non-hydrogen) atoms. The lowest BCUT2D eigenvalue weighted by atomic mass is 9.58. The summed E-state index contributed by atoms with van der Waals surface area (Å²) < 4.78 is 6.99. The maximum atomic E-state index is 6.99. The van der Waals surface area contributed by atoms with Crippen molar-refractivity contribution in [3.05, 3.63) is 209 Å². The van der Waals surface area contributed by atoms with E-state index in [4.69, 9.17) is 4.74 Å². The summed E-state index contributed by atoms with van der Waals surface area (Å²) in [5, 5.41) is 2.56. The summed E-state index contributed by atoms with van der Waals surface area (Å²) in [6.07, 6.45) is 0. The van der Waals surface area contributed by atoms with Gasteiger partial charge in [-0.05, 0) is 91.7 Å². The van der Waals surface area contributed by atoms with E-state index < -0.39 is 5.41 Å². The number of hydrogen-bond donors (Lipinski definition) is 0. The molecule has 246 valence electrons. The molecule has 1 spiro atoms. The second-order valence-electron chi connectivity index (χ2n) is 14.9. The molecule has 1 atom stereocenters. The van der Waals surface area contributed by atoms with E-state index in [1.807, 2.05) is 0 Å². The van der Waals surface area contributed by atoms with Gasteiger partial charge in [-0.2, -0.15) is 0 Å². The zero-order chi connectivity index (χ0) is 34.6. The molecule has 8 aromatic rings. The summed E-state index contributed by atoms with van der Waals surface area (Å²) in [6, 6.07) is 64.5. The van der Waals surface area contributed by atoms with Gasteiger partial charge in [0.25, 0.3) is 0 Å². The fourth-order valence-electron chi connectivity index (χ4n) is 9.68. The minimum Gasteiger partial charge on any atom is -0.457 e. The minimum atomic E-state index is -0.561. The first-order valence-corrected chi connectivity index (χ1v) is 18.2. The fraction of sp³-hybridized carbons (Fsp3) is 0.0800. The Labute approximate surface area is 304 Å². The smallest absolute Gasteiger partial charge is 0.134 e. The Morgan fingerprint density at radius 3 is 1.79 bits per heavy atom. The van der Waals surface area contributed by atoms with Gasteiger partial charge in [-0.3, -0.25) is 0 Å². The zero-order valence-corrected chi connectivity index (χ0v) is 29.1. The van der Waals surface area contributed by atoms with Crippen molar-refractivity contribution in [3.63, 3.8) is 0 Å². The van der Waals surface area contributed by atoms with Crippen molar-refractivity contribution in [2.45, 2.75) is 24.7 Å². The number of para-hydroxylation sites is 2. The van der Waals surface area contributed by atoms with E-state index in [-0.39, 0.29) is 5.41 Å². The van der Waals surface area contributed by atoms with Crippen LogP contribution in [0.5, 0.6) is 11.5 Å². The number of fused-ring (bicyclic) bond motifs is 11. The van der Waals surface area contributed by atoms with E-state index in [0.29, 0.717) is 0 Å². The molecule has 0 N–H and O–H groups in total. The summed E-state index contributed by atoms with van der Waals surface area (Å²) in [7, 11) is 0. The number of rotatable bonds is 3. The molecule has 2 nitrogen and oxygen atoms in total. The van der Waals surface area contributed by atoms with Crippen LogP contribution in [0, 0.1) is 0 Å². The quantitative estimate of drug-likeness (QED) is 0.186. The Morgan fingerprint density at radius 2 is 0.962 bits per heavy atom. The summed E-state index contributed by atoms with van der Waals surface area (Å²) >= 11 is 0. The number of ether oxygens (including phenoxy) is 1. The monoisotopic (exact) mass is 665 g/mol. The molecule has 1 aliphatic heterocycles. The number of benzene rings is 8. The fourth-order valence-corrected chi connectivity index (χ4v) is 9.68. The lowest BCUT2D eigenvalue weighted by Gasteiger charge is -2.45. The Morgan fingerprint density at radius 1 is 0.385 bits per heavy atom. The number of anilines is 3. The van der Waals surface area contributed by atoms with Crippen LogP contribution in [0.4, 0.5) is 17.1 Å². The van der Waals surface area contributed by atoms with Gasteiger partial charge in [0, 0.05) is 39.7 Å². The van der Waals surface area contributed by atoms with Crippen molar-refractivity contribution < 1.29 is 4.74 Å². The van der Waals surface area contributed by atoms with E-state index in [0.717, 1.165) is 34.1 Å². The van der Waals surface area contributed by atoms with Crippen molar-refractivity contribution >= 4 is 27.8 Å². The summed E-state index contributed by atoms with van der Waals surface area (Å²) in [6.45, 7) is 4.69. The lowest BCUT2D eigenvalue weighted by molar-refractivity contribution is 0.435. The molecule has 1 heterocycles. The van der Waals surface area contributed by atoms with Gasteiger partial charge in [0.15, 0.2) is 0 Å². The molecule has 11 rings (SSSR count). The van der Waals surface area contributed by atoms with Gasteiger partial charge in [0.2, 0.25) is 0 Å². The highest BCUT2D eigenvalue weighted by molar-refractivity contribution is 6.05. The minimum absolute atomic E-state index is 0.106. The molecule has 0 saturated heterocycles. The summed E-state index contributed by atoms with van der Waals surface area (Å²) in [4.78, 5) is 2.38. The molecule has 0 radical (unpaired) electrons. The molecular weight excluding hydrogens is 631 g/mol. The molecule has 3 aliphatic rings. The maximum absolute atomic E-state index is 6.99. The van der Waals surface area contributed by atoms with Gasteiger partial charge in [0.05, 0.1) is 5.41 Å². The molecule has 2 heteroatoms. The van der Waals surface area contributed by atoms with Crippen LogP contribution in [-0.4, -0.2) is 0 Å². The third-order valence-corrected chi connectivity index (χ3v) is 11.9. The second-order valence-corrected chi connectivity index (χ2v) is 14.9. The predicted molar refractivity (Wildman–Crippen MR) is 214 cm³/mol. The molecule has 0 bridgehead atoms. The number of nitrogens with zero attached hydrogens (tertiary/aromatic N) is 1. The van der Waals surface area contributed by atoms with Crippen LogP contribution >= 0.6 is 0 Å². The first kappa shape index (κ1) is 29.4. The van der Waals surface area contributed by atoms with E-state index in [9.17, 15) is 0 Å². The molecular formula is C50H35NO. The number of hydrogen-bond acceptors (Lipinski definition) is 2. The van der Waals surface area contributed by atoms with Crippen molar-refractivity contribution in [1.82, 2.24) is 0 Å². The summed E-state index contributed by atoms with van der Waals surface area (Å²) in [5.41, 5.74) is 15.4. The third-order valence-electron chi connectivity index (χ3n) is 11.9. The topological polar surface area (TPSA) is 12.5 Å². The van der Waals surface area contributed by atoms with Crippen LogP contribution in [0.1, 0.15) is 47.2 Å². The predicted octanol–water partition coefficient (Wildman–Crippen LogP) is 13.1. The molecule has 0 saturated carbocycles. The Balaban J connectivity index is 1.16. The first-order chi connectivity index (χ1) is 25.5. The van der Waals surface area contributed by atoms with Crippen molar-refractivity contribution in [2.24, 2.45) is 0 Å². The Hall–Kier alpha value is -6.38. The van der Waals surface area contributed by atoms with Gasteiger partial charge in [-0.1, -0.05) is 147 Å². The SMILES string of the molecule is CC1(C)c2ccccc2-c2ccc(N(c3ccccc3)c3ccc4c(c3)Oc3ccccc3C43c4ccccc4-c4cccc5cccc3c45)cc21. The maximum Gasteiger partial charge on any atom is 0.134 e. The van der Waals surface area contributed by atoms with Gasteiger partial charge in [-0.25, -0.2) is 0 Å². The van der Waals surface area contributed by atoms with E-state index in [1.54, 1.807) is 0 Å². The van der Waals surface area contributed by atoms with Crippen molar-refractivity contribution in [2.75, 3.05) is 4.90 Å². The van der Waals surface area contributed by atoms with E-state index >= 15 is 0 Å². The molecule has 8 aromatic carbocycles. The van der Waals surface area contributed by atoms with Gasteiger partial charge >= 0.3 is 0 Å². The Kier molecular flexibility index (Phi) is 5.97. The van der Waals surface area contributed by atoms with Gasteiger partial charge < -0.3 is 9.64 Å². The summed E-state index contributed by atoms with van der Waals surface area (Å²) in [5.74, 6) is 1.76. The van der Waals surface area contributed by atoms with Gasteiger partial charge in [-0.15, -0.1) is 0 Å².